The van der Waals surface area contributed by atoms with Crippen molar-refractivity contribution in [3.05, 3.63) is 35.9 Å². The molecule has 1 aromatic carbocycles. The first-order valence-corrected chi connectivity index (χ1v) is 6.80. The summed E-state index contributed by atoms with van der Waals surface area (Å²) in [6.45, 7) is 2.17. The monoisotopic (exact) mass is 246 g/mol. The quantitative estimate of drug-likeness (QED) is 0.809. The standard InChI is InChI=1S/C15H22N2O/c1-2-11-10-14(11)17-15(18)9-8-13(16)12-6-4-3-5-7-12/h3-7,11,13-14H,2,8-10,16H2,1H3,(H,17,18). The van der Waals surface area contributed by atoms with Crippen LogP contribution in [0, 0.1) is 5.92 Å². The van der Waals surface area contributed by atoms with Gasteiger partial charge in [0.1, 0.15) is 0 Å². The van der Waals surface area contributed by atoms with Crippen molar-refractivity contribution in [2.45, 2.75) is 44.7 Å². The van der Waals surface area contributed by atoms with E-state index in [1.165, 1.54) is 0 Å². The zero-order valence-electron chi connectivity index (χ0n) is 10.9. The van der Waals surface area contributed by atoms with Gasteiger partial charge in [0.2, 0.25) is 5.91 Å². The summed E-state index contributed by atoms with van der Waals surface area (Å²) >= 11 is 0. The van der Waals surface area contributed by atoms with Crippen LogP contribution in [0.3, 0.4) is 0 Å². The van der Waals surface area contributed by atoms with Crippen LogP contribution in [0.4, 0.5) is 0 Å². The zero-order chi connectivity index (χ0) is 13.0. The number of carbonyl (C=O) groups is 1. The van der Waals surface area contributed by atoms with Gasteiger partial charge in [-0.2, -0.15) is 0 Å². The van der Waals surface area contributed by atoms with E-state index in [2.05, 4.69) is 12.2 Å². The minimum Gasteiger partial charge on any atom is -0.353 e. The van der Waals surface area contributed by atoms with Gasteiger partial charge < -0.3 is 11.1 Å². The van der Waals surface area contributed by atoms with E-state index in [1.54, 1.807) is 0 Å². The molecule has 1 aliphatic carbocycles. The molecule has 3 heteroatoms. The van der Waals surface area contributed by atoms with Gasteiger partial charge in [0, 0.05) is 18.5 Å². The van der Waals surface area contributed by atoms with Gasteiger partial charge in [-0.25, -0.2) is 0 Å². The maximum atomic E-state index is 11.7. The molecule has 1 fully saturated rings. The normalized spacial score (nSPS) is 23.4. The summed E-state index contributed by atoms with van der Waals surface area (Å²) in [5.41, 5.74) is 7.16. The molecule has 1 saturated carbocycles. The van der Waals surface area contributed by atoms with E-state index in [0.717, 1.165) is 18.4 Å². The first-order chi connectivity index (χ1) is 8.70. The smallest absolute Gasteiger partial charge is 0.220 e. The molecule has 98 valence electrons. The van der Waals surface area contributed by atoms with Crippen molar-refractivity contribution in [3.63, 3.8) is 0 Å². The predicted molar refractivity (Wildman–Crippen MR) is 72.9 cm³/mol. The molecule has 3 atom stereocenters. The molecule has 2 rings (SSSR count). The molecule has 1 aromatic rings. The van der Waals surface area contributed by atoms with Crippen LogP contribution < -0.4 is 11.1 Å². The zero-order valence-corrected chi connectivity index (χ0v) is 10.9. The van der Waals surface area contributed by atoms with Gasteiger partial charge >= 0.3 is 0 Å². The van der Waals surface area contributed by atoms with Crippen LogP contribution in [0.15, 0.2) is 30.3 Å². The molecule has 0 radical (unpaired) electrons. The number of nitrogens with two attached hydrogens (primary N) is 1. The lowest BCUT2D eigenvalue weighted by atomic mass is 10.0. The highest BCUT2D eigenvalue weighted by Gasteiger charge is 2.36. The highest BCUT2D eigenvalue weighted by Crippen LogP contribution is 2.33. The topological polar surface area (TPSA) is 55.1 Å². The maximum absolute atomic E-state index is 11.7. The summed E-state index contributed by atoms with van der Waals surface area (Å²) in [5.74, 6) is 0.846. The molecule has 3 N–H and O–H groups in total. The Bertz CT molecular complexity index is 391. The Hall–Kier alpha value is -1.35. The average Bonchev–Trinajstić information content (AvgIpc) is 3.15. The van der Waals surface area contributed by atoms with Crippen LogP contribution in [-0.2, 0) is 4.79 Å². The lowest BCUT2D eigenvalue weighted by Crippen LogP contribution is -2.27. The second-order valence-corrected chi connectivity index (χ2v) is 5.13. The average molecular weight is 246 g/mol. The van der Waals surface area contributed by atoms with Crippen molar-refractivity contribution in [2.75, 3.05) is 0 Å². The van der Waals surface area contributed by atoms with E-state index in [4.69, 9.17) is 5.73 Å². The molecule has 0 aromatic heterocycles. The van der Waals surface area contributed by atoms with Crippen LogP contribution in [0.2, 0.25) is 0 Å². The predicted octanol–water partition coefficient (Wildman–Crippen LogP) is 2.38. The molecule has 0 aliphatic heterocycles. The van der Waals surface area contributed by atoms with Crippen molar-refractivity contribution in [1.82, 2.24) is 5.32 Å². The van der Waals surface area contributed by atoms with E-state index in [1.807, 2.05) is 30.3 Å². The highest BCUT2D eigenvalue weighted by atomic mass is 16.1. The van der Waals surface area contributed by atoms with Crippen molar-refractivity contribution in [1.29, 1.82) is 0 Å². The number of rotatable bonds is 6. The summed E-state index contributed by atoms with van der Waals surface area (Å²) in [6, 6.07) is 10.3. The van der Waals surface area contributed by atoms with Gasteiger partial charge in [-0.3, -0.25) is 4.79 Å². The Morgan fingerprint density at radius 3 is 2.78 bits per heavy atom. The molecule has 1 aliphatic rings. The Balaban J connectivity index is 1.70. The molecule has 3 unspecified atom stereocenters. The fourth-order valence-electron chi connectivity index (χ4n) is 2.31. The van der Waals surface area contributed by atoms with Gasteiger partial charge in [-0.05, 0) is 24.3 Å². The Morgan fingerprint density at radius 2 is 2.17 bits per heavy atom. The Kier molecular flexibility index (Phi) is 4.37. The van der Waals surface area contributed by atoms with Crippen molar-refractivity contribution in [2.24, 2.45) is 11.7 Å². The lowest BCUT2D eigenvalue weighted by Gasteiger charge is -2.11. The minimum absolute atomic E-state index is 0.0434. The van der Waals surface area contributed by atoms with E-state index in [9.17, 15) is 4.79 Å². The van der Waals surface area contributed by atoms with Crippen LogP contribution >= 0.6 is 0 Å². The number of carbonyl (C=O) groups excluding carboxylic acids is 1. The van der Waals surface area contributed by atoms with Gasteiger partial charge in [0.15, 0.2) is 0 Å². The third-order valence-corrected chi connectivity index (χ3v) is 3.70. The SMILES string of the molecule is CCC1CC1NC(=O)CCC(N)c1ccccc1. The summed E-state index contributed by atoms with van der Waals surface area (Å²) in [5, 5.41) is 3.07. The summed E-state index contributed by atoms with van der Waals surface area (Å²) in [4.78, 5) is 11.7. The largest absolute Gasteiger partial charge is 0.353 e. The van der Waals surface area contributed by atoms with E-state index < -0.39 is 0 Å². The first kappa shape index (κ1) is 13.1. The van der Waals surface area contributed by atoms with Gasteiger partial charge in [-0.1, -0.05) is 43.7 Å². The summed E-state index contributed by atoms with van der Waals surface area (Å²) < 4.78 is 0. The molecule has 0 saturated heterocycles. The molecule has 18 heavy (non-hydrogen) atoms. The summed E-state index contributed by atoms with van der Waals surface area (Å²) in [7, 11) is 0. The Morgan fingerprint density at radius 1 is 1.44 bits per heavy atom. The number of benzene rings is 1. The van der Waals surface area contributed by atoms with E-state index in [0.29, 0.717) is 24.8 Å². The van der Waals surface area contributed by atoms with Crippen LogP contribution in [0.25, 0.3) is 0 Å². The van der Waals surface area contributed by atoms with Crippen molar-refractivity contribution < 1.29 is 4.79 Å². The molecule has 3 nitrogen and oxygen atoms in total. The minimum atomic E-state index is -0.0434. The number of amides is 1. The van der Waals surface area contributed by atoms with E-state index >= 15 is 0 Å². The lowest BCUT2D eigenvalue weighted by molar-refractivity contribution is -0.121. The Labute approximate surface area is 109 Å². The number of hydrogen-bond donors (Lipinski definition) is 2. The fraction of sp³-hybridized carbons (Fsp3) is 0.533. The van der Waals surface area contributed by atoms with Crippen molar-refractivity contribution >= 4 is 5.91 Å². The fourth-order valence-corrected chi connectivity index (χ4v) is 2.31. The number of hydrogen-bond acceptors (Lipinski definition) is 2. The molecular weight excluding hydrogens is 224 g/mol. The maximum Gasteiger partial charge on any atom is 0.220 e. The molecule has 1 amide bonds. The third-order valence-electron chi connectivity index (χ3n) is 3.70. The molecule has 0 bridgehead atoms. The molecule has 0 spiro atoms. The van der Waals surface area contributed by atoms with Crippen LogP contribution in [0.5, 0.6) is 0 Å². The van der Waals surface area contributed by atoms with Gasteiger partial charge in [0.05, 0.1) is 0 Å². The molecule has 0 heterocycles. The van der Waals surface area contributed by atoms with Gasteiger partial charge in [-0.15, -0.1) is 0 Å². The summed E-state index contributed by atoms with van der Waals surface area (Å²) in [6.07, 6.45) is 3.53. The molecular formula is C15H22N2O. The van der Waals surface area contributed by atoms with Crippen LogP contribution in [-0.4, -0.2) is 11.9 Å². The number of nitrogens with one attached hydrogen (secondary N) is 1. The van der Waals surface area contributed by atoms with Gasteiger partial charge in [0.25, 0.3) is 0 Å². The second kappa shape index (κ2) is 6.01. The highest BCUT2D eigenvalue weighted by molar-refractivity contribution is 5.76. The third kappa shape index (κ3) is 3.57. The van der Waals surface area contributed by atoms with E-state index in [-0.39, 0.29) is 11.9 Å². The van der Waals surface area contributed by atoms with Crippen LogP contribution in [0.1, 0.15) is 44.2 Å². The van der Waals surface area contributed by atoms with Crippen molar-refractivity contribution in [3.8, 4) is 0 Å². The first-order valence-electron chi connectivity index (χ1n) is 6.80. The second-order valence-electron chi connectivity index (χ2n) is 5.13.